The number of nitrogens with zero attached hydrogens (tertiary/aromatic N) is 3. The summed E-state index contributed by atoms with van der Waals surface area (Å²) in [6.45, 7) is 5.89. The quantitative estimate of drug-likeness (QED) is 0.912. The molecule has 0 spiro atoms. The fraction of sp³-hybridized carbons (Fsp3) is 0.467. The molecule has 4 nitrogen and oxygen atoms in total. The van der Waals surface area contributed by atoms with E-state index in [1.54, 1.807) is 10.7 Å². The van der Waals surface area contributed by atoms with Gasteiger partial charge >= 0.3 is 0 Å². The molecule has 0 amide bonds. The molecule has 0 aliphatic rings. The maximum Gasteiger partial charge on any atom is 0.151 e. The zero-order chi connectivity index (χ0) is 14.7. The molecule has 108 valence electrons. The number of benzene rings is 1. The summed E-state index contributed by atoms with van der Waals surface area (Å²) in [4.78, 5) is 4.44. The Morgan fingerprint density at radius 2 is 2.05 bits per heavy atom. The zero-order valence-corrected chi connectivity index (χ0v) is 12.2. The van der Waals surface area contributed by atoms with E-state index in [0.717, 1.165) is 23.6 Å². The molecule has 1 atom stereocenters. The average molecular weight is 276 g/mol. The number of hydrogen-bond donors (Lipinski definition) is 1. The molecule has 1 aromatic carbocycles. The van der Waals surface area contributed by atoms with Crippen LogP contribution >= 0.6 is 0 Å². The van der Waals surface area contributed by atoms with Crippen LogP contribution in [0.15, 0.2) is 18.2 Å². The van der Waals surface area contributed by atoms with E-state index in [1.165, 1.54) is 6.07 Å². The lowest BCUT2D eigenvalue weighted by atomic mass is 10.1. The third kappa shape index (κ3) is 2.88. The second-order valence-electron chi connectivity index (χ2n) is 4.99. The lowest BCUT2D eigenvalue weighted by Gasteiger charge is -2.13. The highest BCUT2D eigenvalue weighted by molar-refractivity contribution is 5.43. The van der Waals surface area contributed by atoms with Gasteiger partial charge in [-0.15, -0.1) is 0 Å². The van der Waals surface area contributed by atoms with Gasteiger partial charge in [0.25, 0.3) is 0 Å². The van der Waals surface area contributed by atoms with E-state index in [1.807, 2.05) is 26.8 Å². The van der Waals surface area contributed by atoms with Crippen molar-refractivity contribution in [3.8, 4) is 5.69 Å². The standard InChI is InChI=1S/C15H21FN4/c1-4-13-18-14(5-2)20(19-13)15-11(9-10(3)17)7-6-8-12(15)16/h6-8,10H,4-5,9,17H2,1-3H3. The van der Waals surface area contributed by atoms with E-state index in [2.05, 4.69) is 10.1 Å². The van der Waals surface area contributed by atoms with E-state index < -0.39 is 0 Å². The molecule has 0 radical (unpaired) electrons. The molecule has 0 aliphatic heterocycles. The normalized spacial score (nSPS) is 12.7. The van der Waals surface area contributed by atoms with E-state index in [4.69, 9.17) is 5.73 Å². The minimum atomic E-state index is -0.287. The van der Waals surface area contributed by atoms with Crippen LogP contribution in [-0.2, 0) is 19.3 Å². The zero-order valence-electron chi connectivity index (χ0n) is 12.2. The monoisotopic (exact) mass is 276 g/mol. The Balaban J connectivity index is 2.58. The Kier molecular flexibility index (Phi) is 4.49. The first-order valence-electron chi connectivity index (χ1n) is 7.04. The average Bonchev–Trinajstić information content (AvgIpc) is 2.81. The fourth-order valence-corrected chi connectivity index (χ4v) is 2.26. The minimum Gasteiger partial charge on any atom is -0.328 e. The molecule has 0 fully saturated rings. The van der Waals surface area contributed by atoms with Crippen LogP contribution in [-0.4, -0.2) is 20.8 Å². The van der Waals surface area contributed by atoms with Crippen molar-refractivity contribution in [3.63, 3.8) is 0 Å². The SMILES string of the molecule is CCc1nc(CC)n(-c2c(F)cccc2CC(C)N)n1. The predicted octanol–water partition coefficient (Wildman–Crippen LogP) is 2.42. The van der Waals surface area contributed by atoms with E-state index in [-0.39, 0.29) is 11.9 Å². The molecular formula is C15H21FN4. The van der Waals surface area contributed by atoms with Crippen molar-refractivity contribution in [2.24, 2.45) is 5.73 Å². The van der Waals surface area contributed by atoms with Crippen LogP contribution in [0.3, 0.4) is 0 Å². The van der Waals surface area contributed by atoms with E-state index in [9.17, 15) is 4.39 Å². The highest BCUT2D eigenvalue weighted by atomic mass is 19.1. The molecule has 1 aromatic heterocycles. The summed E-state index contributed by atoms with van der Waals surface area (Å²) in [6, 6.07) is 5.02. The Morgan fingerprint density at radius 3 is 2.65 bits per heavy atom. The van der Waals surface area contributed by atoms with Gasteiger partial charge in [-0.1, -0.05) is 26.0 Å². The molecular weight excluding hydrogens is 255 g/mol. The van der Waals surface area contributed by atoms with E-state index in [0.29, 0.717) is 18.5 Å². The van der Waals surface area contributed by atoms with Gasteiger partial charge in [0.15, 0.2) is 5.82 Å². The fourth-order valence-electron chi connectivity index (χ4n) is 2.26. The van der Waals surface area contributed by atoms with Crippen LogP contribution in [0.1, 0.15) is 38.0 Å². The summed E-state index contributed by atoms with van der Waals surface area (Å²) in [7, 11) is 0. The summed E-state index contributed by atoms with van der Waals surface area (Å²) in [6.07, 6.45) is 2.05. The lowest BCUT2D eigenvalue weighted by Crippen LogP contribution is -2.20. The Bertz CT molecular complexity index is 590. The van der Waals surface area contributed by atoms with Crippen molar-refractivity contribution in [3.05, 3.63) is 41.2 Å². The highest BCUT2D eigenvalue weighted by Gasteiger charge is 2.17. The molecule has 2 N–H and O–H groups in total. The van der Waals surface area contributed by atoms with Crippen molar-refractivity contribution >= 4 is 0 Å². The first-order chi connectivity index (χ1) is 9.56. The lowest BCUT2D eigenvalue weighted by molar-refractivity contribution is 0.597. The molecule has 0 saturated heterocycles. The van der Waals surface area contributed by atoms with E-state index >= 15 is 0 Å². The third-order valence-corrected chi connectivity index (χ3v) is 3.17. The molecule has 5 heteroatoms. The second-order valence-corrected chi connectivity index (χ2v) is 4.99. The molecule has 20 heavy (non-hydrogen) atoms. The minimum absolute atomic E-state index is 0.0326. The van der Waals surface area contributed by atoms with Gasteiger partial charge in [0, 0.05) is 18.9 Å². The Morgan fingerprint density at radius 1 is 1.30 bits per heavy atom. The molecule has 0 bridgehead atoms. The first kappa shape index (κ1) is 14.7. The maximum absolute atomic E-state index is 14.3. The van der Waals surface area contributed by atoms with Crippen LogP contribution in [0, 0.1) is 5.82 Å². The second kappa shape index (κ2) is 6.13. The number of hydrogen-bond acceptors (Lipinski definition) is 3. The van der Waals surface area contributed by atoms with Gasteiger partial charge < -0.3 is 5.73 Å². The summed E-state index contributed by atoms with van der Waals surface area (Å²) in [5.41, 5.74) is 7.20. The van der Waals surface area contributed by atoms with Gasteiger partial charge in [-0.05, 0) is 25.0 Å². The summed E-state index contributed by atoms with van der Waals surface area (Å²) in [5.74, 6) is 1.22. The van der Waals surface area contributed by atoms with Gasteiger partial charge in [0.2, 0.25) is 0 Å². The summed E-state index contributed by atoms with van der Waals surface area (Å²) in [5, 5.41) is 4.42. The van der Waals surface area contributed by atoms with Gasteiger partial charge in [-0.2, -0.15) is 5.10 Å². The third-order valence-electron chi connectivity index (χ3n) is 3.17. The molecule has 2 aromatic rings. The molecule has 1 heterocycles. The van der Waals surface area contributed by atoms with Crippen molar-refractivity contribution in [1.29, 1.82) is 0 Å². The van der Waals surface area contributed by atoms with Crippen molar-refractivity contribution in [2.75, 3.05) is 0 Å². The van der Waals surface area contributed by atoms with Crippen LogP contribution < -0.4 is 5.73 Å². The van der Waals surface area contributed by atoms with Gasteiger partial charge in [0.1, 0.15) is 17.3 Å². The van der Waals surface area contributed by atoms with Crippen LogP contribution in [0.5, 0.6) is 0 Å². The predicted molar refractivity (Wildman–Crippen MR) is 77.4 cm³/mol. The molecule has 2 rings (SSSR count). The van der Waals surface area contributed by atoms with Crippen molar-refractivity contribution in [1.82, 2.24) is 14.8 Å². The summed E-state index contributed by atoms with van der Waals surface area (Å²) < 4.78 is 15.9. The maximum atomic E-state index is 14.3. The number of para-hydroxylation sites is 1. The first-order valence-corrected chi connectivity index (χ1v) is 7.04. The molecule has 0 saturated carbocycles. The number of rotatable bonds is 5. The summed E-state index contributed by atoms with van der Waals surface area (Å²) >= 11 is 0. The van der Waals surface area contributed by atoms with Crippen LogP contribution in [0.4, 0.5) is 4.39 Å². The van der Waals surface area contributed by atoms with Crippen molar-refractivity contribution in [2.45, 2.75) is 46.1 Å². The Labute approximate surface area is 118 Å². The molecule has 1 unspecified atom stereocenters. The van der Waals surface area contributed by atoms with Crippen LogP contribution in [0.25, 0.3) is 5.69 Å². The number of aromatic nitrogens is 3. The van der Waals surface area contributed by atoms with Crippen molar-refractivity contribution < 1.29 is 4.39 Å². The number of nitrogens with two attached hydrogens (primary N) is 1. The van der Waals surface area contributed by atoms with Gasteiger partial charge in [-0.3, -0.25) is 0 Å². The van der Waals surface area contributed by atoms with Gasteiger partial charge in [-0.25, -0.2) is 14.1 Å². The largest absolute Gasteiger partial charge is 0.328 e. The van der Waals surface area contributed by atoms with Crippen LogP contribution in [0.2, 0.25) is 0 Å². The number of aryl methyl sites for hydroxylation is 2. The smallest absolute Gasteiger partial charge is 0.151 e. The molecule has 0 aliphatic carbocycles. The van der Waals surface area contributed by atoms with Gasteiger partial charge in [0.05, 0.1) is 0 Å². The number of halogens is 1. The topological polar surface area (TPSA) is 56.7 Å². The highest BCUT2D eigenvalue weighted by Crippen LogP contribution is 2.21. The Hall–Kier alpha value is -1.75.